The van der Waals surface area contributed by atoms with E-state index in [1.54, 1.807) is 6.92 Å². The minimum absolute atomic E-state index is 0. The van der Waals surface area contributed by atoms with Crippen molar-refractivity contribution in [3.05, 3.63) is 22.1 Å². The number of rotatable bonds is 0. The molecular formula is C8H14N2O3. The Kier molecular flexibility index (Phi) is 38.8. The summed E-state index contributed by atoms with van der Waals surface area (Å²) in [6.07, 6.45) is 0. The van der Waals surface area contributed by atoms with Gasteiger partial charge in [-0.3, -0.25) is 0 Å². The third kappa shape index (κ3) is 136. The maximum absolute atomic E-state index is 7.89. The van der Waals surface area contributed by atoms with Crippen LogP contribution in [0, 0.1) is 38.5 Å². The maximum Gasteiger partial charge on any atom is 0.0937 e. The molecule has 2 N–H and O–H groups in total. The molecule has 5 nitrogen and oxygen atoms in total. The van der Waals surface area contributed by atoms with Crippen molar-refractivity contribution in [2.24, 2.45) is 5.92 Å². The van der Waals surface area contributed by atoms with Crippen LogP contribution in [-0.4, -0.2) is 5.48 Å². The van der Waals surface area contributed by atoms with E-state index in [9.17, 15) is 0 Å². The predicted molar refractivity (Wildman–Crippen MR) is 51.2 cm³/mol. The van der Waals surface area contributed by atoms with Crippen molar-refractivity contribution in [3.8, 4) is 12.1 Å². The van der Waals surface area contributed by atoms with Crippen LogP contribution in [-0.2, 0) is 0 Å². The topological polar surface area (TPSA) is 113 Å². The molecule has 0 bridgehead atoms. The average Bonchev–Trinajstić information content (AvgIpc) is 2.09. The van der Waals surface area contributed by atoms with Gasteiger partial charge in [-0.1, -0.05) is 6.58 Å². The van der Waals surface area contributed by atoms with Gasteiger partial charge in [0.25, 0.3) is 0 Å². The van der Waals surface area contributed by atoms with Crippen molar-refractivity contribution in [2.75, 3.05) is 0 Å². The molecule has 0 amide bonds. The Morgan fingerprint density at radius 3 is 1.46 bits per heavy atom. The van der Waals surface area contributed by atoms with Crippen LogP contribution in [0.1, 0.15) is 20.8 Å². The van der Waals surface area contributed by atoms with E-state index in [2.05, 4.69) is 6.58 Å². The quantitative estimate of drug-likeness (QED) is 0.533. The second-order valence-corrected chi connectivity index (χ2v) is 2.18. The first-order valence-corrected chi connectivity index (χ1v) is 3.16. The van der Waals surface area contributed by atoms with Crippen molar-refractivity contribution < 1.29 is 5.48 Å². The van der Waals surface area contributed by atoms with Crippen LogP contribution in [0.4, 0.5) is 0 Å². The van der Waals surface area contributed by atoms with Crippen molar-refractivity contribution in [1.82, 2.24) is 0 Å². The Labute approximate surface area is 77.8 Å². The molecule has 0 saturated heterocycles. The monoisotopic (exact) mass is 186 g/mol. The zero-order valence-corrected chi connectivity index (χ0v) is 8.00. The van der Waals surface area contributed by atoms with Crippen molar-refractivity contribution >= 4 is 0 Å². The lowest BCUT2D eigenvalue weighted by Gasteiger charge is -1.75. The lowest BCUT2D eigenvalue weighted by atomic mass is 10.3. The van der Waals surface area contributed by atoms with Gasteiger partial charge in [0, 0.05) is 21.4 Å². The van der Waals surface area contributed by atoms with E-state index < -0.39 is 0 Å². The highest BCUT2D eigenvalue weighted by atomic mass is 16.7. The molecule has 13 heavy (non-hydrogen) atoms. The van der Waals surface area contributed by atoms with E-state index >= 15 is 0 Å². The molecule has 0 aliphatic carbocycles. The summed E-state index contributed by atoms with van der Waals surface area (Å²) in [5.74, 6) is 0.190. The summed E-state index contributed by atoms with van der Waals surface area (Å²) < 4.78 is 0. The highest BCUT2D eigenvalue weighted by molar-refractivity contribution is 5.11. The van der Waals surface area contributed by atoms with Crippen LogP contribution in [0.15, 0.2) is 12.2 Å². The van der Waals surface area contributed by atoms with Crippen molar-refractivity contribution in [1.29, 1.82) is 10.5 Å². The fourth-order valence-electron chi connectivity index (χ4n) is 0. The zero-order chi connectivity index (χ0) is 10.6. The van der Waals surface area contributed by atoms with E-state index in [0.29, 0.717) is 5.57 Å². The van der Waals surface area contributed by atoms with Gasteiger partial charge in [-0.05, 0) is 20.8 Å². The molecule has 0 aromatic carbocycles. The van der Waals surface area contributed by atoms with Crippen LogP contribution in [0.25, 0.3) is 0 Å². The van der Waals surface area contributed by atoms with Crippen molar-refractivity contribution in [2.45, 2.75) is 20.8 Å². The summed E-state index contributed by atoms with van der Waals surface area (Å²) in [5, 5.41) is 15.7. The first kappa shape index (κ1) is 22.5. The fourth-order valence-corrected chi connectivity index (χ4v) is 0. The van der Waals surface area contributed by atoms with Gasteiger partial charge in [-0.15, -0.1) is 0 Å². The van der Waals surface area contributed by atoms with E-state index in [4.69, 9.17) is 20.5 Å². The lowest BCUT2D eigenvalue weighted by Crippen LogP contribution is -1.72. The maximum atomic E-state index is 7.89. The molecule has 0 rings (SSSR count). The minimum atomic E-state index is 0. The molecule has 0 spiro atoms. The Hall–Kier alpha value is -1.72. The Balaban J connectivity index is -0.0000000491. The molecule has 0 atom stereocenters. The summed E-state index contributed by atoms with van der Waals surface area (Å²) in [6, 6.07) is 3.86. The number of nitrogens with zero attached hydrogens (tertiary/aromatic N) is 2. The van der Waals surface area contributed by atoms with Crippen LogP contribution in [0.2, 0.25) is 0 Å². The molecule has 74 valence electrons. The summed E-state index contributed by atoms with van der Waals surface area (Å²) >= 11 is 0. The van der Waals surface area contributed by atoms with Crippen LogP contribution in [0.5, 0.6) is 0 Å². The Morgan fingerprint density at radius 2 is 1.46 bits per heavy atom. The van der Waals surface area contributed by atoms with Gasteiger partial charge < -0.3 is 5.48 Å². The molecule has 0 radical (unpaired) electrons. The Bertz CT molecular complexity index is 189. The van der Waals surface area contributed by atoms with E-state index in [1.807, 2.05) is 26.0 Å². The van der Waals surface area contributed by atoms with Gasteiger partial charge in [0.05, 0.1) is 12.1 Å². The van der Waals surface area contributed by atoms with Gasteiger partial charge in [-0.2, -0.15) is 10.5 Å². The SMILES string of the molecule is C=C(C)C#N.CC(C)C#N.O.O=O. The van der Waals surface area contributed by atoms with E-state index in [1.165, 1.54) is 0 Å². The molecule has 0 aromatic heterocycles. The second kappa shape index (κ2) is 22.4. The summed E-state index contributed by atoms with van der Waals surface area (Å²) in [4.78, 5) is 14.0. The number of hydrogen-bond acceptors (Lipinski definition) is 4. The van der Waals surface area contributed by atoms with Gasteiger partial charge >= 0.3 is 0 Å². The van der Waals surface area contributed by atoms with Gasteiger partial charge in [0.15, 0.2) is 0 Å². The molecule has 0 aliphatic rings. The predicted octanol–water partition coefficient (Wildman–Crippen LogP) is 1.49. The number of allylic oxidation sites excluding steroid dienone is 1. The normalized spacial score (nSPS) is 5.38. The molecule has 0 aliphatic heterocycles. The molecule has 0 fully saturated rings. The molecule has 0 heterocycles. The minimum Gasteiger partial charge on any atom is -0.412 e. The van der Waals surface area contributed by atoms with Gasteiger partial charge in [0.2, 0.25) is 0 Å². The summed E-state index contributed by atoms with van der Waals surface area (Å²) in [7, 11) is 0. The van der Waals surface area contributed by atoms with Gasteiger partial charge in [0.1, 0.15) is 0 Å². The van der Waals surface area contributed by atoms with Crippen LogP contribution >= 0.6 is 0 Å². The second-order valence-electron chi connectivity index (χ2n) is 2.18. The molecular weight excluding hydrogens is 172 g/mol. The zero-order valence-electron chi connectivity index (χ0n) is 8.00. The molecule has 0 aromatic rings. The van der Waals surface area contributed by atoms with E-state index in [0.717, 1.165) is 0 Å². The first-order chi connectivity index (χ1) is 5.54. The molecule has 0 saturated carbocycles. The summed E-state index contributed by atoms with van der Waals surface area (Å²) in [6.45, 7) is 8.70. The Morgan fingerprint density at radius 1 is 1.31 bits per heavy atom. The summed E-state index contributed by atoms with van der Waals surface area (Å²) in [5.41, 5.74) is 0.560. The fraction of sp³-hybridized carbons (Fsp3) is 0.500. The average molecular weight is 186 g/mol. The highest BCUT2D eigenvalue weighted by Gasteiger charge is 1.78. The third-order valence-corrected chi connectivity index (χ3v) is 0.449. The highest BCUT2D eigenvalue weighted by Crippen LogP contribution is 1.81. The van der Waals surface area contributed by atoms with Crippen molar-refractivity contribution in [3.63, 3.8) is 0 Å². The van der Waals surface area contributed by atoms with Crippen LogP contribution in [0.3, 0.4) is 0 Å². The lowest BCUT2D eigenvalue weighted by molar-refractivity contribution is 0.824. The van der Waals surface area contributed by atoms with Gasteiger partial charge in [-0.25, -0.2) is 0 Å². The standard InChI is InChI=1S/C4H7N.C4H5N.O2.H2O/c2*1-4(2)3-5;1-2;/h4H,1-2H3;1H2,2H3;;1H2. The smallest absolute Gasteiger partial charge is 0.0937 e. The third-order valence-electron chi connectivity index (χ3n) is 0.449. The number of nitriles is 2. The van der Waals surface area contributed by atoms with Crippen LogP contribution < -0.4 is 0 Å². The first-order valence-electron chi connectivity index (χ1n) is 3.16. The molecule has 0 unspecified atom stereocenters. The largest absolute Gasteiger partial charge is 0.412 e. The molecule has 5 heteroatoms. The van der Waals surface area contributed by atoms with E-state index in [-0.39, 0.29) is 11.4 Å². The number of hydrogen-bond donors (Lipinski definition) is 0.